The van der Waals surface area contributed by atoms with Crippen LogP contribution >= 0.6 is 0 Å². The molecular formula is C48H56N14O6. The number of aromatic nitrogens is 5. The van der Waals surface area contributed by atoms with E-state index in [0.717, 1.165) is 54.9 Å². The first kappa shape index (κ1) is 51.9. The van der Waals surface area contributed by atoms with E-state index in [1.54, 1.807) is 32.4 Å². The Morgan fingerprint density at radius 1 is 0.765 bits per heavy atom. The number of hydrogen-bond donors (Lipinski definition) is 2. The van der Waals surface area contributed by atoms with E-state index in [-0.39, 0.29) is 25.9 Å². The molecule has 4 heterocycles. The third kappa shape index (κ3) is 19.3. The molecule has 20 nitrogen and oxygen atoms in total. The number of carbonyl (C=O) groups is 1. The second kappa shape index (κ2) is 31.4. The topological polar surface area (TPSA) is 241 Å². The Bertz CT molecular complexity index is 3280. The van der Waals surface area contributed by atoms with Gasteiger partial charge in [-0.25, -0.2) is 14.8 Å². The number of methoxy groups -OCH3 is 1. The number of fused-ring (bicyclic) bond motifs is 3. The quantitative estimate of drug-likeness (QED) is 0.0780. The molecule has 1 aliphatic rings. The van der Waals surface area contributed by atoms with E-state index in [4.69, 9.17) is 15.0 Å². The fraction of sp³-hybridized carbons (Fsp3) is 0.229. The van der Waals surface area contributed by atoms with Crippen LogP contribution in [0.4, 0.5) is 0 Å². The molecule has 1 amide bonds. The van der Waals surface area contributed by atoms with Gasteiger partial charge in [0.2, 0.25) is 16.4 Å². The molecule has 0 unspecified atom stereocenters. The zero-order valence-corrected chi connectivity index (χ0v) is 36.9. The van der Waals surface area contributed by atoms with Gasteiger partial charge in [-0.1, -0.05) is 29.2 Å². The summed E-state index contributed by atoms with van der Waals surface area (Å²) < 4.78 is 8.19. The first-order valence-electron chi connectivity index (χ1n) is 19.4. The summed E-state index contributed by atoms with van der Waals surface area (Å²) in [6.45, 7) is 9.34. The summed E-state index contributed by atoms with van der Waals surface area (Å²) in [5.41, 5.74) is 2.77. The lowest BCUT2D eigenvalue weighted by Gasteiger charge is -2.21. The molecule has 0 radical (unpaired) electrons. The first-order valence-corrected chi connectivity index (χ1v) is 19.4. The fourth-order valence-electron chi connectivity index (χ4n) is 5.29. The average molecular weight is 925 g/mol. The molecule has 4 aromatic rings. The number of rotatable bonds is 8. The van der Waals surface area contributed by atoms with Crippen LogP contribution in [0.2, 0.25) is 0 Å². The van der Waals surface area contributed by atoms with Crippen molar-refractivity contribution < 1.29 is 39.1 Å². The van der Waals surface area contributed by atoms with Gasteiger partial charge < -0.3 is 25.7 Å². The number of amides is 1. The van der Waals surface area contributed by atoms with Gasteiger partial charge in [-0.2, -0.15) is 9.61 Å². The van der Waals surface area contributed by atoms with Crippen LogP contribution in [0.25, 0.3) is 16.7 Å². The minimum atomic E-state index is -0.602. The number of nitrogens with two attached hydrogens (primary N) is 1. The Labute approximate surface area is 406 Å². The van der Waals surface area contributed by atoms with Crippen molar-refractivity contribution in [1.29, 1.82) is 0 Å². The number of ether oxygens (including phenoxy) is 1. The van der Waals surface area contributed by atoms with Crippen molar-refractivity contribution in [3.63, 3.8) is 0 Å². The average Bonchev–Trinajstić information content (AvgIpc) is 3.74. The van der Waals surface area contributed by atoms with Crippen molar-refractivity contribution in [2.24, 2.45) is 32.0 Å². The van der Waals surface area contributed by atoms with Crippen LogP contribution in [0.1, 0.15) is 52.6 Å². The largest absolute Gasteiger partial charge is 0.497 e. The molecule has 1 aliphatic heterocycles. The van der Waals surface area contributed by atoms with Gasteiger partial charge in [0.1, 0.15) is 22.9 Å². The van der Waals surface area contributed by atoms with Gasteiger partial charge in [0.05, 0.1) is 24.1 Å². The van der Waals surface area contributed by atoms with Crippen LogP contribution in [0.5, 0.6) is 5.75 Å². The minimum absolute atomic E-state index is 0. The lowest BCUT2D eigenvalue weighted by Crippen LogP contribution is -2.33. The molecule has 1 fully saturated rings. The van der Waals surface area contributed by atoms with Crippen molar-refractivity contribution in [2.45, 2.75) is 40.3 Å². The normalized spacial score (nSPS) is 10.8. The summed E-state index contributed by atoms with van der Waals surface area (Å²) in [4.78, 5) is 41.2. The van der Waals surface area contributed by atoms with Crippen LogP contribution in [0, 0.1) is 135 Å². The summed E-state index contributed by atoms with van der Waals surface area (Å²) in [5.74, 6) is 61.0. The maximum Gasteiger partial charge on any atom is 0.352 e. The third-order valence-corrected chi connectivity index (χ3v) is 8.07. The zero-order valence-electron chi connectivity index (χ0n) is 36.9. The molecule has 1 aromatic carbocycles. The summed E-state index contributed by atoms with van der Waals surface area (Å²) in [6, 6.07) is 9.65. The van der Waals surface area contributed by atoms with Crippen molar-refractivity contribution in [3.05, 3.63) is 69.7 Å². The minimum Gasteiger partial charge on any atom is -0.497 e. The van der Waals surface area contributed by atoms with Gasteiger partial charge in [-0.05, 0) is 144 Å². The van der Waals surface area contributed by atoms with E-state index < -0.39 is 5.02 Å². The number of pyridine rings is 1. The van der Waals surface area contributed by atoms with E-state index in [1.807, 2.05) is 41.4 Å². The Morgan fingerprint density at radius 3 is 1.82 bits per heavy atom. The molecule has 0 spiro atoms. The Hall–Kier alpha value is -10.5. The molecule has 5 rings (SSSR count). The zero-order chi connectivity index (χ0) is 49.0. The van der Waals surface area contributed by atoms with E-state index in [9.17, 15) is 14.8 Å². The lowest BCUT2D eigenvalue weighted by molar-refractivity contribution is -0.873. The van der Waals surface area contributed by atoms with Gasteiger partial charge >= 0.3 is 5.69 Å². The fourth-order valence-corrected chi connectivity index (χ4v) is 5.29. The van der Waals surface area contributed by atoms with Crippen molar-refractivity contribution >= 4 is 22.6 Å². The van der Waals surface area contributed by atoms with Crippen molar-refractivity contribution in [3.8, 4) is 136 Å². The van der Waals surface area contributed by atoms with E-state index in [1.165, 1.54) is 10.8 Å². The van der Waals surface area contributed by atoms with Crippen LogP contribution in [0.3, 0.4) is 0 Å². The molecule has 20 heteroatoms. The highest BCUT2D eigenvalue weighted by Crippen LogP contribution is 2.20. The highest BCUT2D eigenvalue weighted by atomic mass is 17.2. The first-order chi connectivity index (χ1) is 33.3. The predicted molar refractivity (Wildman–Crippen MR) is 268 cm³/mol. The standard InChI is InChI=1S/C24H27N7O3.C24H6.H3N7O3.10H2/c1-17(32)29-9-3-8-28(10-11-29)14-19-12-21-22(25-13-19)30(24(33)31-23(21)26-16-27-31)15-18-4-6-20(34-2)7-5-18;1-3-5-7-9-11-13-15-17-19-21-23-24-22-20-18-16-14-12-10-8-6-4-2;1-2-3-4-5-6-7(8)10-9;;;;;;;;;;/h4-7,12-13,16H,3,8-11,14-15H2,1-2H3;1-2H3;9H,(H2,1,3,5);10*1H. The Balaban J connectivity index is -0.000000166. The number of nitrogens with zero attached hydrogens (tertiary/aromatic N) is 13. The van der Waals surface area contributed by atoms with Crippen molar-refractivity contribution in [1.82, 2.24) is 33.9 Å². The number of benzene rings is 1. The summed E-state index contributed by atoms with van der Waals surface area (Å²) in [7, 11) is 1.62. The summed E-state index contributed by atoms with van der Waals surface area (Å²) in [5, 5.41) is 35.0. The van der Waals surface area contributed by atoms with E-state index in [2.05, 4.69) is 182 Å². The monoisotopic (exact) mass is 924 g/mol. The highest BCUT2D eigenvalue weighted by Gasteiger charge is 2.19. The Morgan fingerprint density at radius 2 is 1.32 bits per heavy atom. The van der Waals surface area contributed by atoms with Crippen LogP contribution < -0.4 is 16.3 Å². The summed E-state index contributed by atoms with van der Waals surface area (Å²) in [6.07, 6.45) is 4.16. The van der Waals surface area contributed by atoms with Crippen LogP contribution in [0.15, 0.2) is 73.8 Å². The Kier molecular flexibility index (Phi) is 23.9. The van der Waals surface area contributed by atoms with E-state index >= 15 is 0 Å². The maximum atomic E-state index is 13.2. The second-order valence-electron chi connectivity index (χ2n) is 12.4. The maximum absolute atomic E-state index is 13.2. The molecule has 354 valence electrons. The molecule has 0 aliphatic carbocycles. The SMILES string of the molecule is CC#CC#CC#CC#CC#CC#CC#CC#CC#CC#CC#CC.COc1ccc(Cn2c(=O)n3ncnc3c3cc(CN4CCCN(C(C)=O)CC4)cnc32)cc1.NN=NN=NN=[N+]([O-])OO.[HH].[HH].[HH].[HH].[HH].[HH].[HH].[HH].[HH].[HH]. The number of carbonyl (C=O) groups excluding carboxylic acids is 1. The van der Waals surface area contributed by atoms with Crippen LogP contribution in [-0.2, 0) is 22.9 Å². The van der Waals surface area contributed by atoms with Gasteiger partial charge in [0.25, 0.3) is 0 Å². The predicted octanol–water partition coefficient (Wildman–Crippen LogP) is 5.04. The molecule has 68 heavy (non-hydrogen) atoms. The van der Waals surface area contributed by atoms with Gasteiger partial charge in [0.15, 0.2) is 5.65 Å². The molecule has 0 bridgehead atoms. The molecule has 1 saturated heterocycles. The van der Waals surface area contributed by atoms with Gasteiger partial charge in [-0.15, -0.1) is 0 Å². The highest BCUT2D eigenvalue weighted by molar-refractivity contribution is 5.89. The van der Waals surface area contributed by atoms with Crippen molar-refractivity contribution in [2.75, 3.05) is 33.3 Å². The van der Waals surface area contributed by atoms with Crippen LogP contribution in [-0.4, -0.2) is 83.4 Å². The van der Waals surface area contributed by atoms with Gasteiger partial charge in [0, 0.05) is 89.0 Å². The molecule has 3 aromatic heterocycles. The molecular weight excluding hydrogens is 869 g/mol. The summed E-state index contributed by atoms with van der Waals surface area (Å²) >= 11 is 0. The molecule has 0 saturated carbocycles. The van der Waals surface area contributed by atoms with Gasteiger partial charge in [-0.3, -0.25) is 19.5 Å². The molecule has 3 N–H and O–H groups in total. The number of hydrogen-bond acceptors (Lipinski definition) is 11. The second-order valence-corrected chi connectivity index (χ2v) is 12.4. The molecule has 0 atom stereocenters. The third-order valence-electron chi connectivity index (χ3n) is 8.07. The van der Waals surface area contributed by atoms with E-state index in [0.29, 0.717) is 24.4 Å². The smallest absolute Gasteiger partial charge is 0.352 e. The lowest BCUT2D eigenvalue weighted by atomic mass is 10.2.